The Kier molecular flexibility index (Phi) is 9.30. The van der Waals surface area contributed by atoms with Crippen LogP contribution in [0.3, 0.4) is 0 Å². The lowest BCUT2D eigenvalue weighted by Gasteiger charge is -2.34. The molecule has 3 atom stereocenters. The molecule has 4 aliphatic heterocycles. The van der Waals surface area contributed by atoms with Crippen molar-refractivity contribution in [1.82, 2.24) is 9.80 Å². The summed E-state index contributed by atoms with van der Waals surface area (Å²) in [6.45, 7) is 2.69. The molecule has 0 aromatic heterocycles. The molecule has 57 heavy (non-hydrogen) atoms. The largest absolute Gasteiger partial charge is 0.497 e. The lowest BCUT2D eigenvalue weighted by Crippen LogP contribution is -2.48. The van der Waals surface area contributed by atoms with E-state index in [1.54, 1.807) is 50.5 Å². The Morgan fingerprint density at radius 3 is 2.05 bits per heavy atom. The predicted molar refractivity (Wildman–Crippen MR) is 219 cm³/mol. The standard InChI is InChI=1S/C46H44N4O7/c1-28-8-10-29(11-9-28)31-19-32-24-47-38-22-42(40(54-3)20-34(38)44(51)49(32)25-31)56-17-6-18-57-43-23-39-35(21-41(43)55-4)45(52)50-26-36(30-12-14-33(53-2)15-13-30)37-7-5-16-46(37,50)27-48-39/h8-15,20-27,32,37H,5-7,16-19H2,1-4H3. The molecule has 0 radical (unpaired) electrons. The summed E-state index contributed by atoms with van der Waals surface area (Å²) >= 11 is 0. The second-order valence-electron chi connectivity index (χ2n) is 15.1. The molecule has 0 bridgehead atoms. The summed E-state index contributed by atoms with van der Waals surface area (Å²) in [5.74, 6) is 2.58. The summed E-state index contributed by atoms with van der Waals surface area (Å²) in [5, 5.41) is 0. The van der Waals surface area contributed by atoms with Gasteiger partial charge in [0, 0.05) is 55.7 Å². The third-order valence-corrected chi connectivity index (χ3v) is 11.8. The highest BCUT2D eigenvalue weighted by molar-refractivity contribution is 6.07. The third kappa shape index (κ3) is 6.31. The monoisotopic (exact) mass is 764 g/mol. The van der Waals surface area contributed by atoms with Crippen LogP contribution in [0.25, 0.3) is 11.1 Å². The number of fused-ring (bicyclic) bond motifs is 3. The van der Waals surface area contributed by atoms with E-state index < -0.39 is 5.54 Å². The molecule has 4 heterocycles. The van der Waals surface area contributed by atoms with Crippen molar-refractivity contribution in [2.24, 2.45) is 15.9 Å². The van der Waals surface area contributed by atoms with Gasteiger partial charge in [0.1, 0.15) is 5.75 Å². The van der Waals surface area contributed by atoms with E-state index in [1.807, 2.05) is 41.9 Å². The van der Waals surface area contributed by atoms with Crippen LogP contribution in [0.15, 0.2) is 95.2 Å². The molecule has 290 valence electrons. The van der Waals surface area contributed by atoms with E-state index in [-0.39, 0.29) is 23.8 Å². The number of nitrogens with zero attached hydrogens (tertiary/aromatic N) is 4. The molecular weight excluding hydrogens is 721 g/mol. The number of aliphatic imine (C=N–C) groups is 2. The van der Waals surface area contributed by atoms with Gasteiger partial charge in [0.05, 0.1) is 68.6 Å². The van der Waals surface area contributed by atoms with E-state index in [0.29, 0.717) is 71.6 Å². The van der Waals surface area contributed by atoms with Crippen LogP contribution in [-0.2, 0) is 0 Å². The molecule has 11 heteroatoms. The van der Waals surface area contributed by atoms with Crippen LogP contribution in [0.1, 0.15) is 69.5 Å². The van der Waals surface area contributed by atoms with Crippen molar-refractivity contribution in [3.8, 4) is 28.7 Å². The minimum atomic E-state index is -0.523. The Bertz CT molecular complexity index is 2380. The Labute approximate surface area is 331 Å². The molecule has 11 nitrogen and oxygen atoms in total. The van der Waals surface area contributed by atoms with E-state index in [2.05, 4.69) is 43.3 Å². The molecule has 0 N–H and O–H groups in total. The van der Waals surface area contributed by atoms with Crippen molar-refractivity contribution in [2.75, 3.05) is 34.5 Å². The van der Waals surface area contributed by atoms with Crippen LogP contribution in [0.2, 0.25) is 0 Å². The predicted octanol–water partition coefficient (Wildman–Crippen LogP) is 8.59. The maximum atomic E-state index is 14.3. The van der Waals surface area contributed by atoms with Crippen molar-refractivity contribution in [3.05, 3.63) is 113 Å². The highest BCUT2D eigenvalue weighted by atomic mass is 16.5. The van der Waals surface area contributed by atoms with Gasteiger partial charge in [0.25, 0.3) is 11.8 Å². The zero-order chi connectivity index (χ0) is 39.3. The first-order valence-corrected chi connectivity index (χ1v) is 19.4. The number of rotatable bonds is 11. The Hall–Kier alpha value is -6.36. The van der Waals surface area contributed by atoms with Crippen molar-refractivity contribution < 1.29 is 33.3 Å². The average molecular weight is 765 g/mol. The second kappa shape index (κ2) is 14.6. The smallest absolute Gasteiger partial charge is 0.260 e. The van der Waals surface area contributed by atoms with Gasteiger partial charge >= 0.3 is 0 Å². The maximum Gasteiger partial charge on any atom is 0.260 e. The maximum absolute atomic E-state index is 14.3. The number of carbonyl (C=O) groups is 2. The fourth-order valence-corrected chi connectivity index (χ4v) is 8.77. The normalized spacial score (nSPS) is 21.4. The van der Waals surface area contributed by atoms with E-state index in [0.717, 1.165) is 47.3 Å². The Balaban J connectivity index is 0.872. The minimum absolute atomic E-state index is 0.110. The van der Waals surface area contributed by atoms with Gasteiger partial charge in [-0.05, 0) is 72.7 Å². The molecule has 2 amide bonds. The van der Waals surface area contributed by atoms with Gasteiger partial charge in [-0.2, -0.15) is 0 Å². The van der Waals surface area contributed by atoms with Crippen LogP contribution in [0, 0.1) is 12.8 Å². The zero-order valence-electron chi connectivity index (χ0n) is 32.5. The number of hydrogen-bond acceptors (Lipinski definition) is 9. The van der Waals surface area contributed by atoms with Gasteiger partial charge in [-0.3, -0.25) is 19.6 Å². The first-order chi connectivity index (χ1) is 27.8. The second-order valence-corrected chi connectivity index (χ2v) is 15.1. The Morgan fingerprint density at radius 1 is 0.737 bits per heavy atom. The number of carbonyl (C=O) groups excluding carboxylic acids is 2. The first-order valence-electron chi connectivity index (χ1n) is 19.4. The van der Waals surface area contributed by atoms with Crippen LogP contribution in [0.4, 0.5) is 11.4 Å². The van der Waals surface area contributed by atoms with E-state index in [9.17, 15) is 9.59 Å². The Morgan fingerprint density at radius 2 is 1.39 bits per heavy atom. The van der Waals surface area contributed by atoms with Gasteiger partial charge in [-0.1, -0.05) is 42.0 Å². The molecule has 1 spiro atoms. The van der Waals surface area contributed by atoms with Crippen LogP contribution >= 0.6 is 0 Å². The summed E-state index contributed by atoms with van der Waals surface area (Å²) in [6.07, 6.45) is 11.8. The number of aryl methyl sites for hydroxylation is 1. The number of hydrogen-bond donors (Lipinski definition) is 0. The molecule has 4 aromatic rings. The van der Waals surface area contributed by atoms with Crippen molar-refractivity contribution >= 4 is 46.8 Å². The SMILES string of the molecule is COc1ccc(C2=CN3C(=O)c4cc(OC)c(OCCCOc5cc6c(cc5OC)C(=O)N5C=C(c7ccc(C)cc7)CC5C=N6)cc4N=CC34CCCC24)cc1. The lowest BCUT2D eigenvalue weighted by molar-refractivity contribution is 0.0732. The molecular formula is C46H44N4O7. The number of methoxy groups -OCH3 is 3. The zero-order valence-corrected chi connectivity index (χ0v) is 32.5. The van der Waals surface area contributed by atoms with Crippen LogP contribution < -0.4 is 23.7 Å². The molecule has 1 saturated carbocycles. The first kappa shape index (κ1) is 36.3. The van der Waals surface area contributed by atoms with E-state index in [4.69, 9.17) is 33.7 Å². The quantitative estimate of drug-likeness (QED) is 0.141. The highest BCUT2D eigenvalue weighted by Crippen LogP contribution is 2.54. The molecule has 9 rings (SSSR count). The van der Waals surface area contributed by atoms with Crippen molar-refractivity contribution in [2.45, 2.75) is 50.6 Å². The minimum Gasteiger partial charge on any atom is -0.497 e. The van der Waals surface area contributed by atoms with Gasteiger partial charge < -0.3 is 33.5 Å². The van der Waals surface area contributed by atoms with Crippen LogP contribution in [0.5, 0.6) is 28.7 Å². The number of amides is 2. The molecule has 1 fully saturated rings. The van der Waals surface area contributed by atoms with Crippen molar-refractivity contribution in [1.29, 1.82) is 0 Å². The molecule has 4 aromatic carbocycles. The topological polar surface area (TPSA) is 111 Å². The third-order valence-electron chi connectivity index (χ3n) is 11.8. The molecule has 1 aliphatic carbocycles. The van der Waals surface area contributed by atoms with E-state index >= 15 is 0 Å². The number of ether oxygens (including phenoxy) is 5. The van der Waals surface area contributed by atoms with Crippen molar-refractivity contribution in [3.63, 3.8) is 0 Å². The fourth-order valence-electron chi connectivity index (χ4n) is 8.77. The van der Waals surface area contributed by atoms with Gasteiger partial charge in [-0.15, -0.1) is 0 Å². The average Bonchev–Trinajstić information content (AvgIpc) is 3.91. The summed E-state index contributed by atoms with van der Waals surface area (Å²) < 4.78 is 29.1. The summed E-state index contributed by atoms with van der Waals surface area (Å²) in [7, 11) is 4.78. The lowest BCUT2D eigenvalue weighted by atomic mass is 9.82. The molecule has 5 aliphatic rings. The summed E-state index contributed by atoms with van der Waals surface area (Å²) in [5.41, 5.74) is 7.09. The summed E-state index contributed by atoms with van der Waals surface area (Å²) in [6, 6.07) is 23.2. The molecule has 3 unspecified atom stereocenters. The van der Waals surface area contributed by atoms with Gasteiger partial charge in [0.15, 0.2) is 23.0 Å². The van der Waals surface area contributed by atoms with Gasteiger partial charge in [0.2, 0.25) is 0 Å². The highest BCUT2D eigenvalue weighted by Gasteiger charge is 2.54. The fraction of sp³-hybridized carbons (Fsp3) is 0.304. The summed E-state index contributed by atoms with van der Waals surface area (Å²) in [4.78, 5) is 41.4. The number of benzene rings is 4. The van der Waals surface area contributed by atoms with Crippen LogP contribution in [-0.4, -0.2) is 80.2 Å². The molecule has 0 saturated heterocycles. The van der Waals surface area contributed by atoms with E-state index in [1.165, 1.54) is 5.56 Å². The van der Waals surface area contributed by atoms with Gasteiger partial charge in [-0.25, -0.2) is 0 Å².